The van der Waals surface area contributed by atoms with Gasteiger partial charge in [-0.2, -0.15) is 0 Å². The normalized spacial score (nSPS) is 11.5. The summed E-state index contributed by atoms with van der Waals surface area (Å²) >= 11 is 0. The molecule has 0 rings (SSSR count). The van der Waals surface area contributed by atoms with E-state index in [2.05, 4.69) is 0 Å². The van der Waals surface area contributed by atoms with Crippen LogP contribution in [0.4, 0.5) is 0 Å². The molecule has 0 aliphatic heterocycles. The fourth-order valence-electron chi connectivity index (χ4n) is 0.834. The van der Waals surface area contributed by atoms with Crippen LogP contribution in [0.25, 0.3) is 0 Å². The highest BCUT2D eigenvalue weighted by molar-refractivity contribution is 7.92. The average Bonchev–Trinajstić information content (AvgIpc) is 1.95. The van der Waals surface area contributed by atoms with Crippen molar-refractivity contribution in [2.24, 2.45) is 0 Å². The van der Waals surface area contributed by atoms with Crippen molar-refractivity contribution in [1.82, 2.24) is 0 Å². The summed E-state index contributed by atoms with van der Waals surface area (Å²) in [5.74, 6) is -0.133. The summed E-state index contributed by atoms with van der Waals surface area (Å²) < 4.78 is 27.4. The summed E-state index contributed by atoms with van der Waals surface area (Å²) in [7, 11) is -3.11. The molecular weight excluding hydrogens is 190 g/mol. The van der Waals surface area contributed by atoms with Crippen molar-refractivity contribution >= 4 is 15.5 Å². The monoisotopic (exact) mass is 207 g/mol. The molecule has 78 valence electrons. The van der Waals surface area contributed by atoms with Gasteiger partial charge in [-0.25, -0.2) is 8.42 Å². The van der Waals surface area contributed by atoms with E-state index >= 15 is 0 Å². The lowest BCUT2D eigenvalue weighted by atomic mass is 10.5. The van der Waals surface area contributed by atoms with Gasteiger partial charge < -0.3 is 10.1 Å². The molecule has 13 heavy (non-hydrogen) atoms. The molecule has 1 N–H and O–H groups in total. The fourth-order valence-corrected chi connectivity index (χ4v) is 2.01. The third-order valence-corrected chi connectivity index (χ3v) is 2.99. The minimum Gasteiger partial charge on any atom is -0.380 e. The van der Waals surface area contributed by atoms with E-state index in [9.17, 15) is 8.42 Å². The third-order valence-electron chi connectivity index (χ3n) is 1.32. The summed E-state index contributed by atoms with van der Waals surface area (Å²) in [5.41, 5.74) is 0.176. The molecule has 0 bridgehead atoms. The molecular formula is C8H17NO3S. The zero-order chi connectivity index (χ0) is 10.3. The van der Waals surface area contributed by atoms with E-state index in [0.717, 1.165) is 6.42 Å². The number of hydrogen-bond acceptors (Lipinski definition) is 4. The summed E-state index contributed by atoms with van der Waals surface area (Å²) in [6.45, 7) is 4.29. The van der Waals surface area contributed by atoms with Crippen LogP contribution in [0.1, 0.15) is 20.3 Å². The molecule has 0 fully saturated rings. The van der Waals surface area contributed by atoms with Crippen molar-refractivity contribution in [3.8, 4) is 0 Å². The summed E-state index contributed by atoms with van der Waals surface area (Å²) in [4.78, 5) is 0. The molecule has 0 saturated heterocycles. The van der Waals surface area contributed by atoms with Crippen LogP contribution >= 0.6 is 0 Å². The van der Waals surface area contributed by atoms with E-state index < -0.39 is 9.84 Å². The molecule has 0 radical (unpaired) electrons. The Morgan fingerprint density at radius 2 is 2.00 bits per heavy atom. The molecule has 5 heteroatoms. The molecule has 0 spiro atoms. The van der Waals surface area contributed by atoms with Crippen molar-refractivity contribution in [2.75, 3.05) is 24.7 Å². The molecule has 0 heterocycles. The predicted octanol–water partition coefficient (Wildman–Crippen LogP) is 0.867. The molecule has 0 aromatic rings. The highest BCUT2D eigenvalue weighted by Crippen LogP contribution is 1.92. The van der Waals surface area contributed by atoms with Gasteiger partial charge >= 0.3 is 0 Å². The number of rotatable bonds is 7. The van der Waals surface area contributed by atoms with Gasteiger partial charge in [0.2, 0.25) is 0 Å². The van der Waals surface area contributed by atoms with Crippen LogP contribution in [-0.2, 0) is 14.6 Å². The minimum absolute atomic E-state index is 0.0171. The minimum atomic E-state index is -3.11. The highest BCUT2D eigenvalue weighted by atomic mass is 32.2. The Kier molecular flexibility index (Phi) is 5.90. The van der Waals surface area contributed by atoms with E-state index in [-0.39, 0.29) is 23.8 Å². The molecule has 0 aromatic carbocycles. The van der Waals surface area contributed by atoms with Crippen LogP contribution in [0.3, 0.4) is 0 Å². The lowest BCUT2D eigenvalue weighted by Crippen LogP contribution is -2.19. The topological polar surface area (TPSA) is 67.2 Å². The van der Waals surface area contributed by atoms with Gasteiger partial charge in [-0.1, -0.05) is 6.92 Å². The first-order valence-corrected chi connectivity index (χ1v) is 6.12. The first-order chi connectivity index (χ1) is 5.98. The molecule has 0 aliphatic rings. The molecule has 0 unspecified atom stereocenters. The lowest BCUT2D eigenvalue weighted by Gasteiger charge is -2.03. The second-order valence-electron chi connectivity index (χ2n) is 2.98. The Balaban J connectivity index is 3.71. The maximum absolute atomic E-state index is 11.2. The Bertz CT molecular complexity index is 246. The first kappa shape index (κ1) is 12.6. The van der Waals surface area contributed by atoms with Crippen molar-refractivity contribution < 1.29 is 13.2 Å². The molecule has 4 nitrogen and oxygen atoms in total. The molecule has 0 saturated carbocycles. The Morgan fingerprint density at radius 3 is 2.46 bits per heavy atom. The van der Waals surface area contributed by atoms with Gasteiger partial charge in [0.1, 0.15) is 0 Å². The van der Waals surface area contributed by atoms with Crippen molar-refractivity contribution in [2.45, 2.75) is 20.3 Å². The van der Waals surface area contributed by atoms with Gasteiger partial charge in [0.05, 0.1) is 18.1 Å². The lowest BCUT2D eigenvalue weighted by molar-refractivity contribution is 0.150. The van der Waals surface area contributed by atoms with E-state index in [1.807, 2.05) is 6.92 Å². The Labute approximate surface area is 79.7 Å². The SMILES string of the molecule is CCCOCCS(=O)(=O)CC(C)=N. The van der Waals surface area contributed by atoms with E-state index in [4.69, 9.17) is 10.1 Å². The van der Waals surface area contributed by atoms with Gasteiger partial charge in [-0.05, 0) is 13.3 Å². The van der Waals surface area contributed by atoms with Crippen molar-refractivity contribution in [1.29, 1.82) is 5.41 Å². The zero-order valence-electron chi connectivity index (χ0n) is 8.17. The molecule has 0 amide bonds. The summed E-state index contributed by atoms with van der Waals surface area (Å²) in [6, 6.07) is 0. The Hall–Kier alpha value is -0.420. The predicted molar refractivity (Wildman–Crippen MR) is 53.2 cm³/mol. The maximum atomic E-state index is 11.2. The first-order valence-electron chi connectivity index (χ1n) is 4.30. The fraction of sp³-hybridized carbons (Fsp3) is 0.875. The van der Waals surface area contributed by atoms with Gasteiger partial charge in [-0.3, -0.25) is 0 Å². The average molecular weight is 207 g/mol. The second kappa shape index (κ2) is 6.10. The molecule has 0 aliphatic carbocycles. The van der Waals surface area contributed by atoms with Gasteiger partial charge in [0.25, 0.3) is 0 Å². The van der Waals surface area contributed by atoms with Gasteiger partial charge in [-0.15, -0.1) is 0 Å². The van der Waals surface area contributed by atoms with Gasteiger partial charge in [0.15, 0.2) is 9.84 Å². The van der Waals surface area contributed by atoms with E-state index in [1.54, 1.807) is 0 Å². The second-order valence-corrected chi connectivity index (χ2v) is 5.17. The number of ether oxygens (including phenoxy) is 1. The summed E-state index contributed by atoms with van der Waals surface area (Å²) in [6.07, 6.45) is 0.893. The van der Waals surface area contributed by atoms with Crippen LogP contribution in [0.5, 0.6) is 0 Å². The van der Waals surface area contributed by atoms with E-state index in [0.29, 0.717) is 6.61 Å². The highest BCUT2D eigenvalue weighted by Gasteiger charge is 2.10. The van der Waals surface area contributed by atoms with Gasteiger partial charge in [0, 0.05) is 12.3 Å². The summed E-state index contributed by atoms with van der Waals surface area (Å²) in [5, 5.41) is 7.05. The van der Waals surface area contributed by atoms with Crippen LogP contribution < -0.4 is 0 Å². The largest absolute Gasteiger partial charge is 0.380 e. The van der Waals surface area contributed by atoms with Crippen LogP contribution in [-0.4, -0.2) is 38.8 Å². The van der Waals surface area contributed by atoms with Crippen LogP contribution in [0, 0.1) is 5.41 Å². The third kappa shape index (κ3) is 7.93. The smallest absolute Gasteiger partial charge is 0.157 e. The number of sulfone groups is 1. The zero-order valence-corrected chi connectivity index (χ0v) is 8.99. The Morgan fingerprint density at radius 1 is 1.38 bits per heavy atom. The van der Waals surface area contributed by atoms with Crippen LogP contribution in [0.15, 0.2) is 0 Å². The maximum Gasteiger partial charge on any atom is 0.157 e. The van der Waals surface area contributed by atoms with Crippen molar-refractivity contribution in [3.05, 3.63) is 0 Å². The standard InChI is InChI=1S/C8H17NO3S/c1-3-4-12-5-6-13(10,11)7-8(2)9/h9H,3-7H2,1-2H3. The van der Waals surface area contributed by atoms with Crippen LogP contribution in [0.2, 0.25) is 0 Å². The van der Waals surface area contributed by atoms with E-state index in [1.165, 1.54) is 6.92 Å². The molecule has 0 atom stereocenters. The quantitative estimate of drug-likeness (QED) is 0.497. The number of hydrogen-bond donors (Lipinski definition) is 1. The molecule has 0 aromatic heterocycles. The number of nitrogens with one attached hydrogen (secondary N) is 1. The van der Waals surface area contributed by atoms with Crippen molar-refractivity contribution in [3.63, 3.8) is 0 Å².